The van der Waals surface area contributed by atoms with Crippen LogP contribution in [0.25, 0.3) is 0 Å². The normalized spacial score (nSPS) is 20.1. The van der Waals surface area contributed by atoms with E-state index in [2.05, 4.69) is 4.99 Å². The topological polar surface area (TPSA) is 70.1 Å². The van der Waals surface area contributed by atoms with Gasteiger partial charge in [-0.2, -0.15) is 0 Å². The molecule has 1 saturated heterocycles. The molecule has 0 aliphatic carbocycles. The zero-order valence-corrected chi connectivity index (χ0v) is 19.3. The fourth-order valence-electron chi connectivity index (χ4n) is 3.90. The van der Waals surface area contributed by atoms with E-state index in [4.69, 9.17) is 11.6 Å². The van der Waals surface area contributed by atoms with Gasteiger partial charge in [0.15, 0.2) is 5.17 Å². The number of carbonyl (C=O) groups excluding carboxylic acids is 1. The first-order valence-electron chi connectivity index (χ1n) is 9.57. The van der Waals surface area contributed by atoms with Crippen LogP contribution < -0.4 is 4.31 Å². The predicted octanol–water partition coefficient (Wildman–Crippen LogP) is 4.24. The first-order valence-corrected chi connectivity index (χ1v) is 12.8. The molecule has 0 radical (unpaired) electrons. The summed E-state index contributed by atoms with van der Waals surface area (Å²) in [6, 6.07) is 10.6. The summed E-state index contributed by atoms with van der Waals surface area (Å²) in [7, 11) is -3.36. The van der Waals surface area contributed by atoms with Crippen molar-refractivity contribution in [2.45, 2.75) is 26.3 Å². The van der Waals surface area contributed by atoms with Gasteiger partial charge in [-0.1, -0.05) is 29.4 Å². The zero-order valence-electron chi connectivity index (χ0n) is 16.9. The molecule has 2 aliphatic heterocycles. The summed E-state index contributed by atoms with van der Waals surface area (Å²) in [6.07, 6.45) is 1.79. The molecule has 9 heteroatoms. The molecule has 1 fully saturated rings. The summed E-state index contributed by atoms with van der Waals surface area (Å²) < 4.78 is 25.7. The van der Waals surface area contributed by atoms with Crippen LogP contribution in [0.1, 0.15) is 28.4 Å². The van der Waals surface area contributed by atoms with Gasteiger partial charge in [0, 0.05) is 28.9 Å². The number of carbonyl (C=O) groups is 1. The molecule has 0 N–H and O–H groups in total. The molecular formula is C21H22ClN3O3S2. The van der Waals surface area contributed by atoms with Gasteiger partial charge in [-0.05, 0) is 61.7 Å². The second-order valence-electron chi connectivity index (χ2n) is 7.54. The van der Waals surface area contributed by atoms with Gasteiger partial charge >= 0.3 is 0 Å². The van der Waals surface area contributed by atoms with Gasteiger partial charge < -0.3 is 0 Å². The lowest BCUT2D eigenvalue weighted by atomic mass is 10.1. The van der Waals surface area contributed by atoms with Gasteiger partial charge in [-0.25, -0.2) is 13.4 Å². The minimum atomic E-state index is -3.36. The van der Waals surface area contributed by atoms with Crippen LogP contribution in [0.2, 0.25) is 5.02 Å². The van der Waals surface area contributed by atoms with E-state index in [1.807, 2.05) is 38.1 Å². The second kappa shape index (κ2) is 7.90. The highest BCUT2D eigenvalue weighted by Crippen LogP contribution is 2.35. The summed E-state index contributed by atoms with van der Waals surface area (Å²) in [6.45, 7) is 4.35. The maximum Gasteiger partial charge on any atom is 0.259 e. The smallest absolute Gasteiger partial charge is 0.259 e. The monoisotopic (exact) mass is 463 g/mol. The molecule has 0 spiro atoms. The highest BCUT2D eigenvalue weighted by Gasteiger charge is 2.34. The Morgan fingerprint density at radius 3 is 2.77 bits per heavy atom. The van der Waals surface area contributed by atoms with Gasteiger partial charge in [-0.15, -0.1) is 0 Å². The number of rotatable bonds is 3. The van der Waals surface area contributed by atoms with Crippen LogP contribution in [0.4, 0.5) is 11.4 Å². The number of hydrogen-bond acceptors (Lipinski definition) is 5. The summed E-state index contributed by atoms with van der Waals surface area (Å²) in [5.41, 5.74) is 3.68. The minimum Gasteiger partial charge on any atom is -0.286 e. The van der Waals surface area contributed by atoms with Gasteiger partial charge in [0.1, 0.15) is 0 Å². The Hall–Kier alpha value is -2.03. The highest BCUT2D eigenvalue weighted by molar-refractivity contribution is 8.14. The number of aliphatic imine (C=N–C) groups is 1. The summed E-state index contributed by atoms with van der Waals surface area (Å²) >= 11 is 7.74. The van der Waals surface area contributed by atoms with Crippen molar-refractivity contribution in [2.75, 3.05) is 22.9 Å². The van der Waals surface area contributed by atoms with Crippen molar-refractivity contribution in [3.8, 4) is 0 Å². The lowest BCUT2D eigenvalue weighted by Crippen LogP contribution is -2.34. The van der Waals surface area contributed by atoms with Crippen molar-refractivity contribution in [1.82, 2.24) is 4.90 Å². The maximum absolute atomic E-state index is 13.2. The third-order valence-electron chi connectivity index (χ3n) is 5.31. The molecular weight excluding hydrogens is 442 g/mol. The fraction of sp³-hybridized carbons (Fsp3) is 0.333. The number of thioether (sulfide) groups is 1. The zero-order chi connectivity index (χ0) is 21.6. The number of benzene rings is 2. The fourth-order valence-corrected chi connectivity index (χ4v) is 6.28. The SMILES string of the molecule is Cc1c(Cl)cccc1N=C1SCCN1C(=O)c1ccc2c(c1)CC(C)N2S(C)(=O)=O. The molecule has 2 heterocycles. The third kappa shape index (κ3) is 3.84. The molecule has 30 heavy (non-hydrogen) atoms. The Morgan fingerprint density at radius 2 is 2.03 bits per heavy atom. The first kappa shape index (κ1) is 21.2. The van der Waals surface area contributed by atoms with Gasteiger partial charge in [0.2, 0.25) is 10.0 Å². The van der Waals surface area contributed by atoms with Crippen LogP contribution in [0.15, 0.2) is 41.4 Å². The van der Waals surface area contributed by atoms with E-state index in [-0.39, 0.29) is 11.9 Å². The molecule has 158 valence electrons. The molecule has 1 unspecified atom stereocenters. The van der Waals surface area contributed by atoms with E-state index in [0.29, 0.717) is 34.4 Å². The number of amidine groups is 1. The van der Waals surface area contributed by atoms with Crippen LogP contribution in [-0.2, 0) is 16.4 Å². The standard InChI is InChI=1S/C21H22ClN3O3S2/c1-13-11-16-12-15(7-8-19(16)25(13)30(3,27)28)20(26)24-9-10-29-21(24)23-18-6-4-5-17(22)14(18)2/h4-8,12-13H,9-11H2,1-3H3. The average molecular weight is 464 g/mol. The van der Waals surface area contributed by atoms with Crippen LogP contribution >= 0.6 is 23.4 Å². The number of fused-ring (bicyclic) bond motifs is 1. The van der Waals surface area contributed by atoms with E-state index in [9.17, 15) is 13.2 Å². The number of sulfonamides is 1. The van der Waals surface area contributed by atoms with Crippen molar-refractivity contribution in [3.63, 3.8) is 0 Å². The largest absolute Gasteiger partial charge is 0.286 e. The van der Waals surface area contributed by atoms with E-state index in [0.717, 1.165) is 22.6 Å². The molecule has 2 aliphatic rings. The Labute approximate surface area is 186 Å². The van der Waals surface area contributed by atoms with E-state index in [1.165, 1.54) is 22.3 Å². The molecule has 1 amide bonds. The lowest BCUT2D eigenvalue weighted by Gasteiger charge is -2.22. The predicted molar refractivity (Wildman–Crippen MR) is 124 cm³/mol. The molecule has 2 aromatic carbocycles. The Morgan fingerprint density at radius 1 is 1.27 bits per heavy atom. The van der Waals surface area contributed by atoms with Crippen LogP contribution in [0.3, 0.4) is 0 Å². The number of anilines is 1. The van der Waals surface area contributed by atoms with Crippen molar-refractivity contribution < 1.29 is 13.2 Å². The Bertz CT molecular complexity index is 1160. The summed E-state index contributed by atoms with van der Waals surface area (Å²) in [4.78, 5) is 19.6. The third-order valence-corrected chi connectivity index (χ3v) is 7.95. The molecule has 6 nitrogen and oxygen atoms in total. The minimum absolute atomic E-state index is 0.133. The number of amides is 1. The maximum atomic E-state index is 13.2. The van der Waals surface area contributed by atoms with E-state index < -0.39 is 10.0 Å². The summed E-state index contributed by atoms with van der Waals surface area (Å²) in [5, 5.41) is 1.29. The van der Waals surface area contributed by atoms with Crippen LogP contribution in [0.5, 0.6) is 0 Å². The molecule has 0 aromatic heterocycles. The number of nitrogens with zero attached hydrogens (tertiary/aromatic N) is 3. The van der Waals surface area contributed by atoms with Gasteiger partial charge in [0.05, 0.1) is 17.6 Å². The highest BCUT2D eigenvalue weighted by atomic mass is 35.5. The number of hydrogen-bond donors (Lipinski definition) is 0. The molecule has 0 bridgehead atoms. The van der Waals surface area contributed by atoms with Crippen LogP contribution in [0, 0.1) is 6.92 Å². The van der Waals surface area contributed by atoms with E-state index >= 15 is 0 Å². The Balaban J connectivity index is 1.64. The average Bonchev–Trinajstić information content (AvgIpc) is 3.27. The molecule has 1 atom stereocenters. The second-order valence-corrected chi connectivity index (χ2v) is 10.9. The van der Waals surface area contributed by atoms with Gasteiger partial charge in [-0.3, -0.25) is 14.0 Å². The quantitative estimate of drug-likeness (QED) is 0.682. The van der Waals surface area contributed by atoms with Crippen molar-refractivity contribution in [1.29, 1.82) is 0 Å². The van der Waals surface area contributed by atoms with Crippen molar-refractivity contribution in [3.05, 3.63) is 58.1 Å². The Kier molecular flexibility index (Phi) is 5.59. The molecule has 0 saturated carbocycles. The first-order chi connectivity index (χ1) is 14.2. The van der Waals surface area contributed by atoms with Gasteiger partial charge in [0.25, 0.3) is 5.91 Å². The van der Waals surface area contributed by atoms with E-state index in [1.54, 1.807) is 17.0 Å². The van der Waals surface area contributed by atoms with Crippen molar-refractivity contribution >= 4 is 55.8 Å². The molecule has 2 aromatic rings. The van der Waals surface area contributed by atoms with Crippen LogP contribution in [-0.4, -0.2) is 49.0 Å². The number of halogens is 1. The molecule has 4 rings (SSSR count). The van der Waals surface area contributed by atoms with Crippen molar-refractivity contribution in [2.24, 2.45) is 4.99 Å². The summed E-state index contributed by atoms with van der Waals surface area (Å²) in [5.74, 6) is 0.639. The lowest BCUT2D eigenvalue weighted by molar-refractivity contribution is 0.0859.